The van der Waals surface area contributed by atoms with Gasteiger partial charge in [0.1, 0.15) is 5.75 Å². The number of hydrogen-bond donors (Lipinski definition) is 1. The van der Waals surface area contributed by atoms with Crippen molar-refractivity contribution in [1.29, 1.82) is 0 Å². The van der Waals surface area contributed by atoms with Crippen LogP contribution in [0.5, 0.6) is 5.75 Å². The SMILES string of the molecule is CCN(CC(C)(C)O)C(=O)CCCOc1ccccc1. The number of amides is 1. The second-order valence-electron chi connectivity index (χ2n) is 5.49. The molecular weight excluding hydrogens is 254 g/mol. The molecule has 1 rings (SSSR count). The van der Waals surface area contributed by atoms with Crippen LogP contribution in [0, 0.1) is 0 Å². The van der Waals surface area contributed by atoms with E-state index in [9.17, 15) is 9.90 Å². The molecule has 0 aliphatic heterocycles. The number of rotatable bonds is 8. The second kappa shape index (κ2) is 7.90. The molecule has 112 valence electrons. The molecule has 1 aromatic rings. The molecule has 0 saturated carbocycles. The first-order valence-electron chi connectivity index (χ1n) is 7.10. The molecule has 0 aliphatic rings. The summed E-state index contributed by atoms with van der Waals surface area (Å²) >= 11 is 0. The molecule has 0 aromatic heterocycles. The molecule has 1 N–H and O–H groups in total. The summed E-state index contributed by atoms with van der Waals surface area (Å²) in [6.45, 7) is 6.84. The maximum absolute atomic E-state index is 12.0. The Hall–Kier alpha value is -1.55. The van der Waals surface area contributed by atoms with Gasteiger partial charge in [0.05, 0.1) is 12.2 Å². The van der Waals surface area contributed by atoms with Crippen LogP contribution in [0.3, 0.4) is 0 Å². The van der Waals surface area contributed by atoms with Crippen LogP contribution < -0.4 is 4.74 Å². The van der Waals surface area contributed by atoms with Gasteiger partial charge in [-0.15, -0.1) is 0 Å². The zero-order chi connectivity index (χ0) is 15.0. The van der Waals surface area contributed by atoms with Crippen LogP contribution in [0.2, 0.25) is 0 Å². The highest BCUT2D eigenvalue weighted by molar-refractivity contribution is 5.76. The molecule has 0 fully saturated rings. The molecule has 20 heavy (non-hydrogen) atoms. The quantitative estimate of drug-likeness (QED) is 0.744. The van der Waals surface area contributed by atoms with E-state index in [0.29, 0.717) is 32.5 Å². The Kier molecular flexibility index (Phi) is 6.52. The topological polar surface area (TPSA) is 49.8 Å². The molecule has 0 spiro atoms. The number of aliphatic hydroxyl groups is 1. The summed E-state index contributed by atoms with van der Waals surface area (Å²) in [5.41, 5.74) is -0.855. The van der Waals surface area contributed by atoms with Crippen molar-refractivity contribution in [1.82, 2.24) is 4.90 Å². The number of carbonyl (C=O) groups is 1. The summed E-state index contributed by atoms with van der Waals surface area (Å²) in [5, 5.41) is 9.77. The van der Waals surface area contributed by atoms with E-state index in [4.69, 9.17) is 4.74 Å². The van der Waals surface area contributed by atoms with E-state index < -0.39 is 5.60 Å². The standard InChI is InChI=1S/C16H25NO3/c1-4-17(13-16(2,3)19)15(18)11-8-12-20-14-9-6-5-7-10-14/h5-7,9-10,19H,4,8,11-13H2,1-3H3. The minimum absolute atomic E-state index is 0.0614. The summed E-state index contributed by atoms with van der Waals surface area (Å²) in [6.07, 6.45) is 1.12. The molecular formula is C16H25NO3. The van der Waals surface area contributed by atoms with E-state index in [-0.39, 0.29) is 5.91 Å². The zero-order valence-electron chi connectivity index (χ0n) is 12.6. The lowest BCUT2D eigenvalue weighted by Gasteiger charge is -2.28. The summed E-state index contributed by atoms with van der Waals surface area (Å²) in [7, 11) is 0. The van der Waals surface area contributed by atoms with Gasteiger partial charge >= 0.3 is 0 Å². The summed E-state index contributed by atoms with van der Waals surface area (Å²) in [6, 6.07) is 9.57. The molecule has 1 aromatic carbocycles. The number of hydrogen-bond acceptors (Lipinski definition) is 3. The lowest BCUT2D eigenvalue weighted by atomic mass is 10.1. The van der Waals surface area contributed by atoms with E-state index in [1.807, 2.05) is 37.3 Å². The molecule has 0 bridgehead atoms. The van der Waals surface area contributed by atoms with Crippen LogP contribution in [0.15, 0.2) is 30.3 Å². The van der Waals surface area contributed by atoms with Gasteiger partial charge in [-0.1, -0.05) is 18.2 Å². The summed E-state index contributed by atoms with van der Waals surface area (Å²) in [4.78, 5) is 13.7. The lowest BCUT2D eigenvalue weighted by Crippen LogP contribution is -2.42. The number of ether oxygens (including phenoxy) is 1. The Morgan fingerprint density at radius 2 is 1.95 bits per heavy atom. The molecule has 0 radical (unpaired) electrons. The van der Waals surface area contributed by atoms with Gasteiger partial charge in [0.2, 0.25) is 5.91 Å². The maximum Gasteiger partial charge on any atom is 0.222 e. The van der Waals surface area contributed by atoms with Crippen LogP contribution in [-0.4, -0.2) is 41.2 Å². The average Bonchev–Trinajstić information content (AvgIpc) is 2.41. The zero-order valence-corrected chi connectivity index (χ0v) is 12.6. The van der Waals surface area contributed by atoms with Crippen molar-refractivity contribution in [3.63, 3.8) is 0 Å². The molecule has 0 unspecified atom stereocenters. The van der Waals surface area contributed by atoms with Crippen LogP contribution in [0.25, 0.3) is 0 Å². The number of nitrogens with zero attached hydrogens (tertiary/aromatic N) is 1. The van der Waals surface area contributed by atoms with Gasteiger partial charge in [0, 0.05) is 19.5 Å². The highest BCUT2D eigenvalue weighted by atomic mass is 16.5. The normalized spacial score (nSPS) is 11.2. The molecule has 4 nitrogen and oxygen atoms in total. The molecule has 0 aliphatic carbocycles. The largest absolute Gasteiger partial charge is 0.494 e. The van der Waals surface area contributed by atoms with E-state index in [1.165, 1.54) is 0 Å². The number of likely N-dealkylation sites (N-methyl/N-ethyl adjacent to an activating group) is 1. The van der Waals surface area contributed by atoms with Gasteiger partial charge in [-0.25, -0.2) is 0 Å². The molecule has 0 atom stereocenters. The molecule has 4 heteroatoms. The first kappa shape index (κ1) is 16.5. The fourth-order valence-corrected chi connectivity index (χ4v) is 1.93. The third-order valence-corrected chi connectivity index (χ3v) is 2.86. The molecule has 1 amide bonds. The summed E-state index contributed by atoms with van der Waals surface area (Å²) < 4.78 is 5.55. The van der Waals surface area contributed by atoms with Gasteiger partial charge in [-0.2, -0.15) is 0 Å². The summed E-state index contributed by atoms with van der Waals surface area (Å²) in [5.74, 6) is 0.884. The second-order valence-corrected chi connectivity index (χ2v) is 5.49. The van der Waals surface area contributed by atoms with Crippen LogP contribution >= 0.6 is 0 Å². The highest BCUT2D eigenvalue weighted by Gasteiger charge is 2.20. The smallest absolute Gasteiger partial charge is 0.222 e. The molecule has 0 saturated heterocycles. The third-order valence-electron chi connectivity index (χ3n) is 2.86. The monoisotopic (exact) mass is 279 g/mol. The van der Waals surface area contributed by atoms with Crippen molar-refractivity contribution < 1.29 is 14.6 Å². The average molecular weight is 279 g/mol. The number of benzene rings is 1. The van der Waals surface area contributed by atoms with E-state index in [0.717, 1.165) is 5.75 Å². The first-order chi connectivity index (χ1) is 9.42. The maximum atomic E-state index is 12.0. The highest BCUT2D eigenvalue weighted by Crippen LogP contribution is 2.10. The van der Waals surface area contributed by atoms with E-state index >= 15 is 0 Å². The van der Waals surface area contributed by atoms with Crippen LogP contribution in [-0.2, 0) is 4.79 Å². The Morgan fingerprint density at radius 1 is 1.30 bits per heavy atom. The Morgan fingerprint density at radius 3 is 2.50 bits per heavy atom. The van der Waals surface area contributed by atoms with Gasteiger partial charge in [-0.3, -0.25) is 4.79 Å². The minimum Gasteiger partial charge on any atom is -0.494 e. The minimum atomic E-state index is -0.855. The van der Waals surface area contributed by atoms with Crippen molar-refractivity contribution in [2.45, 2.75) is 39.2 Å². The van der Waals surface area contributed by atoms with Crippen molar-refractivity contribution in [2.75, 3.05) is 19.7 Å². The Balaban J connectivity index is 2.28. The van der Waals surface area contributed by atoms with E-state index in [2.05, 4.69) is 0 Å². The van der Waals surface area contributed by atoms with Gasteiger partial charge in [-0.05, 0) is 39.3 Å². The van der Waals surface area contributed by atoms with E-state index in [1.54, 1.807) is 18.7 Å². The number of carbonyl (C=O) groups excluding carboxylic acids is 1. The van der Waals surface area contributed by atoms with Crippen molar-refractivity contribution in [3.05, 3.63) is 30.3 Å². The van der Waals surface area contributed by atoms with Crippen LogP contribution in [0.4, 0.5) is 0 Å². The fraction of sp³-hybridized carbons (Fsp3) is 0.562. The van der Waals surface area contributed by atoms with Gasteiger partial charge < -0.3 is 14.7 Å². The predicted octanol–water partition coefficient (Wildman–Crippen LogP) is 2.47. The van der Waals surface area contributed by atoms with Crippen molar-refractivity contribution in [3.8, 4) is 5.75 Å². The third kappa shape index (κ3) is 6.57. The lowest BCUT2D eigenvalue weighted by molar-refractivity contribution is -0.134. The fourth-order valence-electron chi connectivity index (χ4n) is 1.93. The van der Waals surface area contributed by atoms with Crippen molar-refractivity contribution in [2.24, 2.45) is 0 Å². The number of para-hydroxylation sites is 1. The van der Waals surface area contributed by atoms with Crippen molar-refractivity contribution >= 4 is 5.91 Å². The van der Waals surface area contributed by atoms with Crippen LogP contribution in [0.1, 0.15) is 33.6 Å². The molecule has 0 heterocycles. The Bertz CT molecular complexity index is 398. The first-order valence-corrected chi connectivity index (χ1v) is 7.10. The van der Waals surface area contributed by atoms with Gasteiger partial charge in [0.25, 0.3) is 0 Å². The Labute approximate surface area is 121 Å². The van der Waals surface area contributed by atoms with Gasteiger partial charge in [0.15, 0.2) is 0 Å². The predicted molar refractivity (Wildman–Crippen MR) is 79.7 cm³/mol.